The van der Waals surface area contributed by atoms with Gasteiger partial charge < -0.3 is 10.6 Å². The molecule has 1 aliphatic rings. The van der Waals surface area contributed by atoms with E-state index in [-0.39, 0.29) is 11.7 Å². The molecule has 86 valence electrons. The van der Waals surface area contributed by atoms with Gasteiger partial charge in [-0.3, -0.25) is 9.59 Å². The number of nitrogens with one attached hydrogen (secondary N) is 2. The van der Waals surface area contributed by atoms with Gasteiger partial charge in [0.05, 0.1) is 4.88 Å². The highest BCUT2D eigenvalue weighted by Gasteiger charge is 2.18. The van der Waals surface area contributed by atoms with Gasteiger partial charge in [-0.25, -0.2) is 0 Å². The maximum atomic E-state index is 11.7. The Balaban J connectivity index is 1.89. The minimum Gasteiger partial charge on any atom is -0.351 e. The van der Waals surface area contributed by atoms with Crippen molar-refractivity contribution < 1.29 is 9.59 Å². The van der Waals surface area contributed by atoms with Crippen LogP contribution in [0.3, 0.4) is 0 Å². The molecule has 2 N–H and O–H groups in total. The number of rotatable bonds is 4. The van der Waals surface area contributed by atoms with Crippen LogP contribution < -0.4 is 10.6 Å². The number of thiophene rings is 1. The van der Waals surface area contributed by atoms with Crippen LogP contribution in [0.5, 0.6) is 0 Å². The molecule has 0 atom stereocenters. The van der Waals surface area contributed by atoms with Crippen molar-refractivity contribution in [1.82, 2.24) is 10.6 Å². The van der Waals surface area contributed by atoms with E-state index in [0.717, 1.165) is 13.1 Å². The van der Waals surface area contributed by atoms with Crippen molar-refractivity contribution in [3.63, 3.8) is 0 Å². The molecular formula is C11H14N2O2S. The monoisotopic (exact) mass is 238 g/mol. The zero-order chi connectivity index (χ0) is 11.5. The molecule has 0 aromatic carbocycles. The largest absolute Gasteiger partial charge is 0.351 e. The van der Waals surface area contributed by atoms with E-state index in [4.69, 9.17) is 0 Å². The van der Waals surface area contributed by atoms with Crippen LogP contribution in [-0.4, -0.2) is 31.3 Å². The highest BCUT2D eigenvalue weighted by atomic mass is 32.1. The van der Waals surface area contributed by atoms with Gasteiger partial charge in [0.25, 0.3) is 5.91 Å². The highest BCUT2D eigenvalue weighted by molar-refractivity contribution is 7.12. The van der Waals surface area contributed by atoms with Crippen molar-refractivity contribution in [2.24, 2.45) is 5.92 Å². The number of carbonyl (C=O) groups is 2. The first-order valence-corrected chi connectivity index (χ1v) is 6.13. The summed E-state index contributed by atoms with van der Waals surface area (Å²) >= 11 is 1.31. The van der Waals surface area contributed by atoms with E-state index in [2.05, 4.69) is 10.6 Å². The summed E-state index contributed by atoms with van der Waals surface area (Å²) in [5.74, 6) is 0.471. The summed E-state index contributed by atoms with van der Waals surface area (Å²) in [5.41, 5.74) is 0.612. The minimum atomic E-state index is -0.0793. The van der Waals surface area contributed by atoms with Crippen LogP contribution in [0.25, 0.3) is 0 Å². The molecule has 1 aromatic rings. The van der Waals surface area contributed by atoms with Crippen LogP contribution >= 0.6 is 11.3 Å². The molecule has 0 radical (unpaired) electrons. The first-order valence-electron chi connectivity index (χ1n) is 5.25. The Morgan fingerprint density at radius 1 is 1.56 bits per heavy atom. The molecule has 2 heterocycles. The SMILES string of the molecule is CC(=O)c1csc(C(=O)NCC2CNC2)c1. The first-order chi connectivity index (χ1) is 7.66. The predicted octanol–water partition coefficient (Wildman–Crippen LogP) is 0.900. The summed E-state index contributed by atoms with van der Waals surface area (Å²) < 4.78 is 0. The topological polar surface area (TPSA) is 58.2 Å². The number of Topliss-reactive ketones (excluding diaryl/α,β-unsaturated/α-hetero) is 1. The lowest BCUT2D eigenvalue weighted by molar-refractivity contribution is 0.0946. The van der Waals surface area contributed by atoms with Gasteiger partial charge in [-0.1, -0.05) is 0 Å². The summed E-state index contributed by atoms with van der Waals surface area (Å²) in [6.45, 7) is 4.16. The number of ketones is 1. The van der Waals surface area contributed by atoms with E-state index in [1.54, 1.807) is 11.4 Å². The van der Waals surface area contributed by atoms with Gasteiger partial charge >= 0.3 is 0 Å². The molecule has 0 unspecified atom stereocenters. The van der Waals surface area contributed by atoms with Crippen molar-refractivity contribution in [3.8, 4) is 0 Å². The molecule has 16 heavy (non-hydrogen) atoms. The third-order valence-electron chi connectivity index (χ3n) is 2.65. The van der Waals surface area contributed by atoms with Crippen molar-refractivity contribution in [1.29, 1.82) is 0 Å². The molecule has 1 aromatic heterocycles. The van der Waals surface area contributed by atoms with Crippen molar-refractivity contribution >= 4 is 23.0 Å². The minimum absolute atomic E-state index is 0.00140. The molecule has 1 fully saturated rings. The molecular weight excluding hydrogens is 224 g/mol. The summed E-state index contributed by atoms with van der Waals surface area (Å²) in [6, 6.07) is 1.65. The Morgan fingerprint density at radius 3 is 2.81 bits per heavy atom. The van der Waals surface area contributed by atoms with Gasteiger partial charge in [0.15, 0.2) is 5.78 Å². The molecule has 0 aliphatic carbocycles. The smallest absolute Gasteiger partial charge is 0.261 e. The highest BCUT2D eigenvalue weighted by Crippen LogP contribution is 2.15. The molecule has 2 rings (SSSR count). The molecule has 0 saturated carbocycles. The van der Waals surface area contributed by atoms with Crippen LogP contribution in [0.15, 0.2) is 11.4 Å². The van der Waals surface area contributed by atoms with Crippen LogP contribution in [0.1, 0.15) is 27.0 Å². The standard InChI is InChI=1S/C11H14N2O2S/c1-7(14)9-2-10(16-6-9)11(15)13-5-8-3-12-4-8/h2,6,8,12H,3-5H2,1H3,(H,13,15). The number of hydrogen-bond donors (Lipinski definition) is 2. The summed E-state index contributed by atoms with van der Waals surface area (Å²) in [6.07, 6.45) is 0. The van der Waals surface area contributed by atoms with Gasteiger partial charge in [0, 0.05) is 36.5 Å². The third-order valence-corrected chi connectivity index (χ3v) is 3.58. The summed E-state index contributed by atoms with van der Waals surface area (Å²) in [5, 5.41) is 7.75. The predicted molar refractivity (Wildman–Crippen MR) is 63.0 cm³/mol. The van der Waals surface area contributed by atoms with Crippen LogP contribution in [0.4, 0.5) is 0 Å². The Kier molecular flexibility index (Phi) is 3.36. The zero-order valence-electron chi connectivity index (χ0n) is 9.08. The lowest BCUT2D eigenvalue weighted by atomic mass is 10.0. The fourth-order valence-corrected chi connectivity index (χ4v) is 2.32. The Labute approximate surface area is 98.0 Å². The van der Waals surface area contributed by atoms with Crippen molar-refractivity contribution in [2.75, 3.05) is 19.6 Å². The average Bonchev–Trinajstić information content (AvgIpc) is 2.63. The fraction of sp³-hybridized carbons (Fsp3) is 0.455. The van der Waals surface area contributed by atoms with E-state index in [9.17, 15) is 9.59 Å². The van der Waals surface area contributed by atoms with Crippen molar-refractivity contribution in [2.45, 2.75) is 6.92 Å². The Hall–Kier alpha value is -1.20. The van der Waals surface area contributed by atoms with Crippen LogP contribution in [0, 0.1) is 5.92 Å². The quantitative estimate of drug-likeness (QED) is 0.766. The normalized spacial score (nSPS) is 15.6. The average molecular weight is 238 g/mol. The molecule has 1 saturated heterocycles. The van der Waals surface area contributed by atoms with E-state index in [1.165, 1.54) is 18.3 Å². The third kappa shape index (κ3) is 2.48. The first kappa shape index (κ1) is 11.3. The molecule has 0 spiro atoms. The zero-order valence-corrected chi connectivity index (χ0v) is 9.89. The lowest BCUT2D eigenvalue weighted by Crippen LogP contribution is -2.48. The van der Waals surface area contributed by atoms with Gasteiger partial charge in [-0.15, -0.1) is 11.3 Å². The molecule has 4 nitrogen and oxygen atoms in total. The summed E-state index contributed by atoms with van der Waals surface area (Å²) in [4.78, 5) is 23.4. The molecule has 5 heteroatoms. The van der Waals surface area contributed by atoms with Crippen molar-refractivity contribution in [3.05, 3.63) is 21.9 Å². The number of carbonyl (C=O) groups excluding carboxylic acids is 2. The summed E-state index contributed by atoms with van der Waals surface area (Å²) in [7, 11) is 0. The second-order valence-corrected chi connectivity index (χ2v) is 4.90. The van der Waals surface area contributed by atoms with E-state index in [1.807, 2.05) is 0 Å². The molecule has 1 amide bonds. The number of amides is 1. The van der Waals surface area contributed by atoms with E-state index >= 15 is 0 Å². The van der Waals surface area contributed by atoms with E-state index < -0.39 is 0 Å². The van der Waals surface area contributed by atoms with E-state index in [0.29, 0.717) is 22.9 Å². The van der Waals surface area contributed by atoms with Gasteiger partial charge in [-0.05, 0) is 13.0 Å². The Morgan fingerprint density at radius 2 is 2.31 bits per heavy atom. The van der Waals surface area contributed by atoms with Crippen LogP contribution in [0.2, 0.25) is 0 Å². The maximum Gasteiger partial charge on any atom is 0.261 e. The van der Waals surface area contributed by atoms with Gasteiger partial charge in [0.2, 0.25) is 0 Å². The maximum absolute atomic E-state index is 11.7. The second-order valence-electron chi connectivity index (χ2n) is 3.99. The van der Waals surface area contributed by atoms with Crippen LogP contribution in [-0.2, 0) is 0 Å². The molecule has 0 bridgehead atoms. The molecule has 1 aliphatic heterocycles. The number of hydrogen-bond acceptors (Lipinski definition) is 4. The second kappa shape index (κ2) is 4.76. The fourth-order valence-electron chi connectivity index (χ4n) is 1.46. The van der Waals surface area contributed by atoms with Gasteiger partial charge in [-0.2, -0.15) is 0 Å². The van der Waals surface area contributed by atoms with Gasteiger partial charge in [0.1, 0.15) is 0 Å². The lowest BCUT2D eigenvalue weighted by Gasteiger charge is -2.26. The Bertz CT molecular complexity index is 410.